The zero-order chi connectivity index (χ0) is 14.3. The second-order valence-corrected chi connectivity index (χ2v) is 5.80. The molecule has 2 aromatic carbocycles. The van der Waals surface area contributed by atoms with E-state index in [4.69, 9.17) is 0 Å². The first-order chi connectivity index (χ1) is 9.58. The summed E-state index contributed by atoms with van der Waals surface area (Å²) in [6.07, 6.45) is 0. The first-order valence-corrected chi connectivity index (χ1v) is 7.12. The minimum atomic E-state index is -0.135. The maximum Gasteiger partial charge on any atom is 0.221 e. The molecule has 0 atom stereocenters. The van der Waals surface area contributed by atoms with Gasteiger partial charge in [0.2, 0.25) is 5.91 Å². The standard InChI is InChI=1S/C16H13NO2S/c1-9-12(17-10(2)18)7-8-14-15(9)16(19)11-5-3-4-6-13(11)20-14/h3-8H,1-2H3,(H,17,18). The number of rotatable bonds is 1. The van der Waals surface area contributed by atoms with Crippen molar-refractivity contribution >= 4 is 43.1 Å². The van der Waals surface area contributed by atoms with Gasteiger partial charge in [-0.15, -0.1) is 11.3 Å². The van der Waals surface area contributed by atoms with Gasteiger partial charge in [-0.3, -0.25) is 9.59 Å². The van der Waals surface area contributed by atoms with Gasteiger partial charge >= 0.3 is 0 Å². The summed E-state index contributed by atoms with van der Waals surface area (Å²) in [5.74, 6) is -0.135. The average Bonchev–Trinajstić information content (AvgIpc) is 2.42. The summed E-state index contributed by atoms with van der Waals surface area (Å²) in [6.45, 7) is 3.33. The van der Waals surface area contributed by atoms with E-state index >= 15 is 0 Å². The van der Waals surface area contributed by atoms with Crippen molar-refractivity contribution in [3.63, 3.8) is 0 Å². The highest BCUT2D eigenvalue weighted by Gasteiger charge is 2.11. The Kier molecular flexibility index (Phi) is 3.03. The van der Waals surface area contributed by atoms with Crippen molar-refractivity contribution in [3.8, 4) is 0 Å². The van der Waals surface area contributed by atoms with Crippen LogP contribution in [0.25, 0.3) is 20.2 Å². The number of amides is 1. The zero-order valence-corrected chi connectivity index (χ0v) is 12.0. The lowest BCUT2D eigenvalue weighted by Crippen LogP contribution is -2.09. The van der Waals surface area contributed by atoms with Gasteiger partial charge in [-0.25, -0.2) is 0 Å². The van der Waals surface area contributed by atoms with E-state index in [9.17, 15) is 9.59 Å². The van der Waals surface area contributed by atoms with Crippen LogP contribution in [0, 0.1) is 6.92 Å². The van der Waals surface area contributed by atoms with Gasteiger partial charge in [0.1, 0.15) is 0 Å². The minimum Gasteiger partial charge on any atom is -0.326 e. The number of hydrogen-bond acceptors (Lipinski definition) is 3. The fraction of sp³-hybridized carbons (Fsp3) is 0.125. The van der Waals surface area contributed by atoms with Crippen molar-refractivity contribution in [3.05, 3.63) is 52.2 Å². The highest BCUT2D eigenvalue weighted by atomic mass is 32.1. The summed E-state index contributed by atoms with van der Waals surface area (Å²) in [5, 5.41) is 4.19. The van der Waals surface area contributed by atoms with Gasteiger partial charge in [0.25, 0.3) is 0 Å². The Labute approximate surface area is 119 Å². The van der Waals surface area contributed by atoms with Gasteiger partial charge in [0.15, 0.2) is 5.43 Å². The summed E-state index contributed by atoms with van der Waals surface area (Å²) in [4.78, 5) is 23.9. The summed E-state index contributed by atoms with van der Waals surface area (Å²) in [7, 11) is 0. The molecule has 20 heavy (non-hydrogen) atoms. The van der Waals surface area contributed by atoms with E-state index in [1.54, 1.807) is 11.3 Å². The third kappa shape index (κ3) is 1.98. The largest absolute Gasteiger partial charge is 0.326 e. The first-order valence-electron chi connectivity index (χ1n) is 6.30. The van der Waals surface area contributed by atoms with Crippen molar-refractivity contribution in [2.45, 2.75) is 13.8 Å². The number of nitrogens with one attached hydrogen (secondary N) is 1. The van der Waals surface area contributed by atoms with Crippen LogP contribution in [0.1, 0.15) is 12.5 Å². The van der Waals surface area contributed by atoms with E-state index in [1.165, 1.54) is 6.92 Å². The van der Waals surface area contributed by atoms with Gasteiger partial charge in [0, 0.05) is 32.8 Å². The Morgan fingerprint density at radius 2 is 1.85 bits per heavy atom. The van der Waals surface area contributed by atoms with Crippen LogP contribution in [-0.2, 0) is 4.79 Å². The van der Waals surface area contributed by atoms with Gasteiger partial charge in [0.05, 0.1) is 0 Å². The molecule has 0 aliphatic rings. The molecule has 1 N–H and O–H groups in total. The molecule has 0 aliphatic heterocycles. The SMILES string of the molecule is CC(=O)Nc1ccc2sc3ccccc3c(=O)c2c1C. The van der Waals surface area contributed by atoms with Crippen molar-refractivity contribution in [1.29, 1.82) is 0 Å². The molecule has 0 aliphatic carbocycles. The van der Waals surface area contributed by atoms with Crippen molar-refractivity contribution < 1.29 is 4.79 Å². The molecule has 100 valence electrons. The van der Waals surface area contributed by atoms with E-state index in [0.717, 1.165) is 20.3 Å². The Morgan fingerprint density at radius 3 is 2.60 bits per heavy atom. The molecule has 0 saturated heterocycles. The topological polar surface area (TPSA) is 46.2 Å². The highest BCUT2D eigenvalue weighted by Crippen LogP contribution is 2.29. The van der Waals surface area contributed by atoms with Crippen LogP contribution < -0.4 is 10.7 Å². The summed E-state index contributed by atoms with van der Waals surface area (Å²) in [5.41, 5.74) is 1.55. The maximum absolute atomic E-state index is 12.6. The third-order valence-electron chi connectivity index (χ3n) is 3.32. The number of hydrogen-bond donors (Lipinski definition) is 1. The van der Waals surface area contributed by atoms with E-state index in [0.29, 0.717) is 11.1 Å². The van der Waals surface area contributed by atoms with E-state index < -0.39 is 0 Å². The van der Waals surface area contributed by atoms with Gasteiger partial charge in [-0.1, -0.05) is 12.1 Å². The normalized spacial score (nSPS) is 10.9. The number of fused-ring (bicyclic) bond motifs is 2. The van der Waals surface area contributed by atoms with Crippen LogP contribution in [0.5, 0.6) is 0 Å². The zero-order valence-electron chi connectivity index (χ0n) is 11.2. The number of carbonyl (C=O) groups is 1. The molecule has 0 saturated carbocycles. The molecule has 1 heterocycles. The predicted octanol–water partition coefficient (Wildman–Crippen LogP) is 3.68. The Balaban J connectivity index is 2.42. The number of benzene rings is 2. The van der Waals surface area contributed by atoms with Gasteiger partial charge < -0.3 is 5.32 Å². The molecule has 0 bridgehead atoms. The minimum absolute atomic E-state index is 0.0269. The van der Waals surface area contributed by atoms with E-state index in [-0.39, 0.29) is 11.3 Å². The predicted molar refractivity (Wildman–Crippen MR) is 84.6 cm³/mol. The Hall–Kier alpha value is -2.20. The molecule has 3 rings (SSSR count). The molecule has 0 radical (unpaired) electrons. The van der Waals surface area contributed by atoms with Crippen molar-refractivity contribution in [2.24, 2.45) is 0 Å². The van der Waals surface area contributed by atoms with Crippen LogP contribution >= 0.6 is 11.3 Å². The van der Waals surface area contributed by atoms with Crippen LogP contribution in [0.4, 0.5) is 5.69 Å². The molecule has 1 aromatic heterocycles. The maximum atomic E-state index is 12.6. The lowest BCUT2D eigenvalue weighted by Gasteiger charge is -2.09. The Morgan fingerprint density at radius 1 is 1.10 bits per heavy atom. The van der Waals surface area contributed by atoms with E-state index in [2.05, 4.69) is 5.32 Å². The van der Waals surface area contributed by atoms with Crippen molar-refractivity contribution in [1.82, 2.24) is 0 Å². The molecule has 0 fully saturated rings. The molecular formula is C16H13NO2S. The third-order valence-corrected chi connectivity index (χ3v) is 4.45. The van der Waals surface area contributed by atoms with E-state index in [1.807, 2.05) is 43.3 Å². The number of carbonyl (C=O) groups excluding carboxylic acids is 1. The van der Waals surface area contributed by atoms with Crippen molar-refractivity contribution in [2.75, 3.05) is 5.32 Å². The van der Waals surface area contributed by atoms with Gasteiger partial charge in [-0.2, -0.15) is 0 Å². The smallest absolute Gasteiger partial charge is 0.221 e. The summed E-state index contributed by atoms with van der Waals surface area (Å²) < 4.78 is 1.93. The van der Waals surface area contributed by atoms with Crippen LogP contribution in [0.15, 0.2) is 41.2 Å². The number of anilines is 1. The second kappa shape index (κ2) is 4.72. The first kappa shape index (κ1) is 12.8. The fourth-order valence-corrected chi connectivity index (χ4v) is 3.51. The monoisotopic (exact) mass is 283 g/mol. The second-order valence-electron chi connectivity index (χ2n) is 4.72. The van der Waals surface area contributed by atoms with Crippen LogP contribution in [0.3, 0.4) is 0 Å². The molecule has 1 amide bonds. The lowest BCUT2D eigenvalue weighted by molar-refractivity contribution is -0.114. The molecular weight excluding hydrogens is 270 g/mol. The molecule has 3 nitrogen and oxygen atoms in total. The summed E-state index contributed by atoms with van der Waals surface area (Å²) >= 11 is 1.59. The number of aryl methyl sites for hydroxylation is 1. The highest BCUT2D eigenvalue weighted by molar-refractivity contribution is 7.24. The molecule has 3 aromatic rings. The fourth-order valence-electron chi connectivity index (χ4n) is 2.38. The summed E-state index contributed by atoms with van der Waals surface area (Å²) in [6, 6.07) is 11.4. The quantitative estimate of drug-likeness (QED) is 0.692. The van der Waals surface area contributed by atoms with Gasteiger partial charge in [-0.05, 0) is 36.8 Å². The molecule has 0 unspecified atom stereocenters. The molecule has 4 heteroatoms. The molecule has 0 spiro atoms. The lowest BCUT2D eigenvalue weighted by atomic mass is 10.1. The van der Waals surface area contributed by atoms with Crippen LogP contribution in [0.2, 0.25) is 0 Å². The van der Waals surface area contributed by atoms with Crippen LogP contribution in [-0.4, -0.2) is 5.91 Å². The Bertz CT molecular complexity index is 896. The average molecular weight is 283 g/mol.